The molecule has 0 radical (unpaired) electrons. The quantitative estimate of drug-likeness (QED) is 0.550. The Bertz CT molecular complexity index is 663. The first-order chi connectivity index (χ1) is 11.6. The molecular formula is C16H20ClFN4OS. The summed E-state index contributed by atoms with van der Waals surface area (Å²) in [5.41, 5.74) is 0.929. The molecule has 2 rings (SSSR count). The van der Waals surface area contributed by atoms with Crippen molar-refractivity contribution in [1.82, 2.24) is 15.1 Å². The molecule has 0 saturated heterocycles. The van der Waals surface area contributed by atoms with E-state index in [1.54, 1.807) is 23.0 Å². The van der Waals surface area contributed by atoms with Crippen molar-refractivity contribution in [3.8, 4) is 0 Å². The van der Waals surface area contributed by atoms with E-state index in [1.165, 1.54) is 12.1 Å². The van der Waals surface area contributed by atoms with Gasteiger partial charge in [-0.25, -0.2) is 4.39 Å². The highest BCUT2D eigenvalue weighted by atomic mass is 35.5. The third-order valence-corrected chi connectivity index (χ3v) is 3.68. The van der Waals surface area contributed by atoms with Gasteiger partial charge in [0.1, 0.15) is 10.8 Å². The minimum absolute atomic E-state index is 0.264. The summed E-state index contributed by atoms with van der Waals surface area (Å²) in [5, 5.41) is 11.3. The average molecular weight is 371 g/mol. The Morgan fingerprint density at radius 1 is 1.38 bits per heavy atom. The molecule has 0 amide bonds. The Morgan fingerprint density at radius 2 is 2.12 bits per heavy atom. The second-order valence-electron chi connectivity index (χ2n) is 5.08. The van der Waals surface area contributed by atoms with E-state index >= 15 is 0 Å². The van der Waals surface area contributed by atoms with E-state index in [2.05, 4.69) is 15.7 Å². The highest BCUT2D eigenvalue weighted by Gasteiger charge is 2.09. The maximum Gasteiger partial charge on any atom is 0.173 e. The number of ether oxygens (including phenoxy) is 1. The van der Waals surface area contributed by atoms with Crippen LogP contribution in [0.2, 0.25) is 5.02 Å². The fraction of sp³-hybridized carbons (Fsp3) is 0.375. The van der Waals surface area contributed by atoms with Gasteiger partial charge >= 0.3 is 0 Å². The zero-order chi connectivity index (χ0) is 17.4. The van der Waals surface area contributed by atoms with Crippen LogP contribution in [0.5, 0.6) is 0 Å². The number of rotatable bonds is 8. The molecule has 0 unspecified atom stereocenters. The Labute approximate surface area is 151 Å². The molecule has 0 aliphatic carbocycles. The topological polar surface area (TPSA) is 51.1 Å². The normalized spacial score (nSPS) is 10.6. The number of nitrogens with zero attached hydrogens (tertiary/aromatic N) is 2. The number of hydrogen-bond donors (Lipinski definition) is 2. The van der Waals surface area contributed by atoms with Crippen molar-refractivity contribution in [1.29, 1.82) is 0 Å². The summed E-state index contributed by atoms with van der Waals surface area (Å²) < 4.78 is 19.9. The lowest BCUT2D eigenvalue weighted by Gasteiger charge is -2.08. The Hall–Kier alpha value is -1.70. The molecule has 0 aliphatic rings. The van der Waals surface area contributed by atoms with Gasteiger partial charge in [-0.05, 0) is 43.3 Å². The fourth-order valence-corrected chi connectivity index (χ4v) is 2.41. The van der Waals surface area contributed by atoms with Crippen molar-refractivity contribution in [2.45, 2.75) is 19.9 Å². The molecule has 0 bridgehead atoms. The van der Waals surface area contributed by atoms with Crippen molar-refractivity contribution in [2.75, 3.05) is 25.1 Å². The molecule has 1 aromatic carbocycles. The van der Waals surface area contributed by atoms with Crippen LogP contribution < -0.4 is 10.6 Å². The summed E-state index contributed by atoms with van der Waals surface area (Å²) in [6.07, 6.45) is 2.56. The fourth-order valence-electron chi connectivity index (χ4n) is 2.01. The molecule has 8 heteroatoms. The van der Waals surface area contributed by atoms with E-state index in [0.29, 0.717) is 42.3 Å². The molecule has 1 heterocycles. The standard InChI is InChI=1S/C16H20ClFN4OS/c1-2-23-9-3-8-19-16(24)20-15-14(17)11-22(21-15)10-12-4-6-13(18)7-5-12/h4-7,11H,2-3,8-10H2,1H3,(H2,19,20,21,24). The average Bonchev–Trinajstić information content (AvgIpc) is 2.89. The van der Waals surface area contributed by atoms with E-state index < -0.39 is 0 Å². The Morgan fingerprint density at radius 3 is 2.83 bits per heavy atom. The van der Waals surface area contributed by atoms with Crippen molar-refractivity contribution >= 4 is 34.7 Å². The van der Waals surface area contributed by atoms with E-state index in [9.17, 15) is 4.39 Å². The molecule has 130 valence electrons. The predicted molar refractivity (Wildman–Crippen MR) is 98.1 cm³/mol. The summed E-state index contributed by atoms with van der Waals surface area (Å²) in [6.45, 7) is 4.57. The van der Waals surface area contributed by atoms with Gasteiger partial charge < -0.3 is 15.4 Å². The largest absolute Gasteiger partial charge is 0.382 e. The lowest BCUT2D eigenvalue weighted by atomic mass is 10.2. The molecular weight excluding hydrogens is 351 g/mol. The number of nitrogens with one attached hydrogen (secondary N) is 2. The summed E-state index contributed by atoms with van der Waals surface area (Å²) in [6, 6.07) is 6.26. The molecule has 24 heavy (non-hydrogen) atoms. The van der Waals surface area contributed by atoms with Crippen LogP contribution in [0.15, 0.2) is 30.5 Å². The molecule has 1 aromatic heterocycles. The minimum atomic E-state index is -0.264. The zero-order valence-corrected chi connectivity index (χ0v) is 15.0. The highest BCUT2D eigenvalue weighted by Crippen LogP contribution is 2.20. The van der Waals surface area contributed by atoms with Gasteiger partial charge in [-0.15, -0.1) is 0 Å². The maximum absolute atomic E-state index is 12.9. The maximum atomic E-state index is 12.9. The first kappa shape index (κ1) is 18.6. The van der Waals surface area contributed by atoms with E-state index in [1.807, 2.05) is 6.92 Å². The van der Waals surface area contributed by atoms with Crippen molar-refractivity contribution in [2.24, 2.45) is 0 Å². The Balaban J connectivity index is 1.84. The number of anilines is 1. The summed E-state index contributed by atoms with van der Waals surface area (Å²) in [7, 11) is 0. The van der Waals surface area contributed by atoms with Gasteiger partial charge in [-0.3, -0.25) is 4.68 Å². The summed E-state index contributed by atoms with van der Waals surface area (Å²) >= 11 is 11.4. The van der Waals surface area contributed by atoms with Gasteiger partial charge in [0.15, 0.2) is 10.9 Å². The molecule has 0 fully saturated rings. The predicted octanol–water partition coefficient (Wildman–Crippen LogP) is 3.44. The number of thiocarbonyl (C=S) groups is 1. The molecule has 0 aliphatic heterocycles. The van der Waals surface area contributed by atoms with Crippen molar-refractivity contribution < 1.29 is 9.13 Å². The molecule has 2 N–H and O–H groups in total. The van der Waals surface area contributed by atoms with Gasteiger partial charge in [0.05, 0.1) is 6.54 Å². The SMILES string of the molecule is CCOCCCNC(=S)Nc1nn(Cc2ccc(F)cc2)cc1Cl. The third-order valence-electron chi connectivity index (χ3n) is 3.16. The summed E-state index contributed by atoms with van der Waals surface area (Å²) in [4.78, 5) is 0. The lowest BCUT2D eigenvalue weighted by molar-refractivity contribution is 0.146. The minimum Gasteiger partial charge on any atom is -0.382 e. The van der Waals surface area contributed by atoms with Crippen LogP contribution in [0.3, 0.4) is 0 Å². The first-order valence-corrected chi connectivity index (χ1v) is 8.47. The number of benzene rings is 1. The first-order valence-electron chi connectivity index (χ1n) is 7.68. The van der Waals surface area contributed by atoms with Crippen LogP contribution >= 0.6 is 23.8 Å². The zero-order valence-electron chi connectivity index (χ0n) is 13.4. The van der Waals surface area contributed by atoms with Crippen LogP contribution in [0.25, 0.3) is 0 Å². The molecule has 0 saturated carbocycles. The number of aromatic nitrogens is 2. The van der Waals surface area contributed by atoms with Gasteiger partial charge in [-0.1, -0.05) is 23.7 Å². The van der Waals surface area contributed by atoms with Crippen LogP contribution in [-0.4, -0.2) is 34.7 Å². The van der Waals surface area contributed by atoms with Crippen LogP contribution in [0.4, 0.5) is 10.2 Å². The smallest absolute Gasteiger partial charge is 0.173 e. The van der Waals surface area contributed by atoms with Crippen LogP contribution in [0, 0.1) is 5.82 Å². The second-order valence-corrected chi connectivity index (χ2v) is 5.90. The van der Waals surface area contributed by atoms with Crippen LogP contribution in [-0.2, 0) is 11.3 Å². The van der Waals surface area contributed by atoms with Crippen LogP contribution in [0.1, 0.15) is 18.9 Å². The third kappa shape index (κ3) is 6.07. The summed E-state index contributed by atoms with van der Waals surface area (Å²) in [5.74, 6) is 0.224. The molecule has 0 spiro atoms. The van der Waals surface area contributed by atoms with Gasteiger partial charge in [-0.2, -0.15) is 5.10 Å². The van der Waals surface area contributed by atoms with E-state index in [0.717, 1.165) is 12.0 Å². The van der Waals surface area contributed by atoms with E-state index in [-0.39, 0.29) is 5.82 Å². The lowest BCUT2D eigenvalue weighted by Crippen LogP contribution is -2.30. The molecule has 2 aromatic rings. The van der Waals surface area contributed by atoms with Gasteiger partial charge in [0.25, 0.3) is 0 Å². The van der Waals surface area contributed by atoms with Gasteiger partial charge in [0.2, 0.25) is 0 Å². The van der Waals surface area contributed by atoms with E-state index in [4.69, 9.17) is 28.6 Å². The molecule has 0 atom stereocenters. The number of hydrogen-bond acceptors (Lipinski definition) is 3. The van der Waals surface area contributed by atoms with Gasteiger partial charge in [0, 0.05) is 26.0 Å². The molecule has 5 nitrogen and oxygen atoms in total. The van der Waals surface area contributed by atoms with Crippen molar-refractivity contribution in [3.05, 3.63) is 46.9 Å². The van der Waals surface area contributed by atoms with Crippen molar-refractivity contribution in [3.63, 3.8) is 0 Å². The Kier molecular flexibility index (Phi) is 7.42. The number of halogens is 2. The second kappa shape index (κ2) is 9.56. The monoisotopic (exact) mass is 370 g/mol. The highest BCUT2D eigenvalue weighted by molar-refractivity contribution is 7.80.